The Hall–Kier alpha value is -2.60. The molecule has 2 aromatic carbocycles. The Morgan fingerprint density at radius 1 is 0.958 bits per heavy atom. The summed E-state index contributed by atoms with van der Waals surface area (Å²) >= 11 is 1.52. The second kappa shape index (κ2) is 6.13. The lowest BCUT2D eigenvalue weighted by Crippen LogP contribution is -2.00. The molecule has 0 saturated carbocycles. The van der Waals surface area contributed by atoms with Gasteiger partial charge in [0.05, 0.1) is 0 Å². The van der Waals surface area contributed by atoms with E-state index < -0.39 is 0 Å². The summed E-state index contributed by atoms with van der Waals surface area (Å²) in [5, 5.41) is 13.9. The second-order valence-electron chi connectivity index (χ2n) is 5.68. The molecule has 4 aromatic rings. The third-order valence-electron chi connectivity index (χ3n) is 4.01. The van der Waals surface area contributed by atoms with Gasteiger partial charge in [-0.1, -0.05) is 53.8 Å². The topological polar surface area (TPSA) is 43.1 Å². The van der Waals surface area contributed by atoms with Gasteiger partial charge in [-0.05, 0) is 29.7 Å². The van der Waals surface area contributed by atoms with Crippen molar-refractivity contribution in [3.8, 4) is 0 Å². The molecule has 0 N–H and O–H groups in total. The van der Waals surface area contributed by atoms with Crippen LogP contribution in [0.4, 0.5) is 4.39 Å². The van der Waals surface area contributed by atoms with Crippen molar-refractivity contribution in [2.75, 3.05) is 0 Å². The lowest BCUT2D eigenvalue weighted by molar-refractivity contribution is 0.611. The van der Waals surface area contributed by atoms with Gasteiger partial charge in [-0.3, -0.25) is 0 Å². The maximum Gasteiger partial charge on any atom is 0.234 e. The molecule has 0 fully saturated rings. The molecule has 0 unspecified atom stereocenters. The molecular weight excluding hydrogens is 323 g/mol. The second-order valence-corrected chi connectivity index (χ2v) is 6.72. The molecule has 0 aliphatic rings. The molecule has 0 radical (unpaired) electrons. The highest BCUT2D eigenvalue weighted by Crippen LogP contribution is 2.20. The van der Waals surface area contributed by atoms with Crippen molar-refractivity contribution in [3.63, 3.8) is 0 Å². The highest BCUT2D eigenvalue weighted by atomic mass is 32.1. The molecular formula is C18H15FN4S. The van der Waals surface area contributed by atoms with Gasteiger partial charge in [-0.25, -0.2) is 4.39 Å². The molecule has 2 heterocycles. The van der Waals surface area contributed by atoms with E-state index in [9.17, 15) is 4.39 Å². The minimum Gasteiger partial charge on any atom is -0.207 e. The number of hydrogen-bond acceptors (Lipinski definition) is 4. The summed E-state index contributed by atoms with van der Waals surface area (Å²) < 4.78 is 15.6. The molecule has 120 valence electrons. The van der Waals surface area contributed by atoms with E-state index in [1.54, 1.807) is 16.6 Å². The third kappa shape index (κ3) is 2.80. The average molecular weight is 338 g/mol. The van der Waals surface area contributed by atoms with Crippen LogP contribution in [-0.2, 0) is 12.8 Å². The fourth-order valence-corrected chi connectivity index (χ4v) is 3.54. The summed E-state index contributed by atoms with van der Waals surface area (Å²) in [7, 11) is 0. The highest BCUT2D eigenvalue weighted by Gasteiger charge is 2.14. The van der Waals surface area contributed by atoms with E-state index in [0.29, 0.717) is 17.8 Å². The van der Waals surface area contributed by atoms with Crippen molar-refractivity contribution in [1.29, 1.82) is 0 Å². The lowest BCUT2D eigenvalue weighted by atomic mass is 10.1. The SMILES string of the molecule is Cc1ccccc1Cc1nn2c(Cc3ccccc3F)nnc2s1. The van der Waals surface area contributed by atoms with Crippen molar-refractivity contribution in [3.05, 3.63) is 81.9 Å². The fraction of sp³-hybridized carbons (Fsp3) is 0.167. The lowest BCUT2D eigenvalue weighted by Gasteiger charge is -2.02. The maximum absolute atomic E-state index is 13.8. The number of hydrogen-bond donors (Lipinski definition) is 0. The number of aromatic nitrogens is 4. The smallest absolute Gasteiger partial charge is 0.207 e. The van der Waals surface area contributed by atoms with Crippen molar-refractivity contribution in [1.82, 2.24) is 19.8 Å². The van der Waals surface area contributed by atoms with Crippen LogP contribution < -0.4 is 0 Å². The average Bonchev–Trinajstić information content (AvgIpc) is 3.13. The van der Waals surface area contributed by atoms with Crippen LogP contribution in [0.5, 0.6) is 0 Å². The van der Waals surface area contributed by atoms with Crippen LogP contribution >= 0.6 is 11.3 Å². The van der Waals surface area contributed by atoms with Crippen molar-refractivity contribution in [2.45, 2.75) is 19.8 Å². The Bertz CT molecular complexity index is 1010. The summed E-state index contributed by atoms with van der Waals surface area (Å²) in [5.41, 5.74) is 3.09. The van der Waals surface area contributed by atoms with Gasteiger partial charge in [0, 0.05) is 12.8 Å². The highest BCUT2D eigenvalue weighted by molar-refractivity contribution is 7.16. The minimum absolute atomic E-state index is 0.232. The van der Waals surface area contributed by atoms with Gasteiger partial charge in [-0.2, -0.15) is 9.61 Å². The number of rotatable bonds is 4. The van der Waals surface area contributed by atoms with Gasteiger partial charge in [0.2, 0.25) is 4.96 Å². The van der Waals surface area contributed by atoms with Gasteiger partial charge in [0.25, 0.3) is 0 Å². The Morgan fingerprint density at radius 2 is 1.71 bits per heavy atom. The summed E-state index contributed by atoms with van der Waals surface area (Å²) in [6.07, 6.45) is 1.14. The molecule has 24 heavy (non-hydrogen) atoms. The molecule has 4 nitrogen and oxygen atoms in total. The molecule has 2 aromatic heterocycles. The Kier molecular flexibility index (Phi) is 3.82. The summed E-state index contributed by atoms with van der Waals surface area (Å²) in [4.78, 5) is 0.741. The predicted molar refractivity (Wildman–Crippen MR) is 91.9 cm³/mol. The van der Waals surface area contributed by atoms with Crippen LogP contribution in [0.25, 0.3) is 4.96 Å². The van der Waals surface area contributed by atoms with E-state index in [1.807, 2.05) is 18.2 Å². The standard InChI is InChI=1S/C18H15FN4S/c1-12-6-2-3-7-13(12)11-17-22-23-16(20-21-18(23)24-17)10-14-8-4-5-9-15(14)19/h2-9H,10-11H2,1H3. The molecule has 0 atom stereocenters. The van der Waals surface area contributed by atoms with Gasteiger partial charge >= 0.3 is 0 Å². The van der Waals surface area contributed by atoms with Crippen molar-refractivity contribution in [2.24, 2.45) is 0 Å². The molecule has 0 aliphatic heterocycles. The zero-order chi connectivity index (χ0) is 16.5. The van der Waals surface area contributed by atoms with Gasteiger partial charge in [0.15, 0.2) is 5.82 Å². The van der Waals surface area contributed by atoms with Gasteiger partial charge in [-0.15, -0.1) is 10.2 Å². The molecule has 0 spiro atoms. The zero-order valence-electron chi connectivity index (χ0n) is 13.1. The van der Waals surface area contributed by atoms with E-state index in [4.69, 9.17) is 0 Å². The number of nitrogens with zero attached hydrogens (tertiary/aromatic N) is 4. The predicted octanol–water partition coefficient (Wildman–Crippen LogP) is 3.81. The molecule has 0 bridgehead atoms. The van der Waals surface area contributed by atoms with Crippen LogP contribution in [-0.4, -0.2) is 19.8 Å². The van der Waals surface area contributed by atoms with Crippen LogP contribution in [0.15, 0.2) is 48.5 Å². The van der Waals surface area contributed by atoms with Gasteiger partial charge < -0.3 is 0 Å². The fourth-order valence-electron chi connectivity index (χ4n) is 2.66. The molecule has 0 amide bonds. The molecule has 0 saturated heterocycles. The van der Waals surface area contributed by atoms with Gasteiger partial charge in [0.1, 0.15) is 10.8 Å². The first-order chi connectivity index (χ1) is 11.7. The Labute approximate surface area is 142 Å². The normalized spacial score (nSPS) is 11.2. The van der Waals surface area contributed by atoms with Crippen LogP contribution in [0.3, 0.4) is 0 Å². The number of benzene rings is 2. The first-order valence-electron chi connectivity index (χ1n) is 7.68. The summed E-state index contributed by atoms with van der Waals surface area (Å²) in [5.74, 6) is 0.423. The summed E-state index contributed by atoms with van der Waals surface area (Å²) in [6, 6.07) is 15.0. The van der Waals surface area contributed by atoms with Crippen LogP contribution in [0, 0.1) is 12.7 Å². The quantitative estimate of drug-likeness (QED) is 0.568. The molecule has 0 aliphatic carbocycles. The van der Waals surface area contributed by atoms with E-state index in [2.05, 4.69) is 34.4 Å². The Balaban J connectivity index is 1.64. The van der Waals surface area contributed by atoms with E-state index in [0.717, 1.165) is 16.4 Å². The van der Waals surface area contributed by atoms with Crippen LogP contribution in [0.1, 0.15) is 27.5 Å². The largest absolute Gasteiger partial charge is 0.234 e. The first-order valence-corrected chi connectivity index (χ1v) is 8.50. The maximum atomic E-state index is 13.8. The number of halogens is 1. The number of fused-ring (bicyclic) bond motifs is 1. The summed E-state index contributed by atoms with van der Waals surface area (Å²) in [6.45, 7) is 2.10. The van der Waals surface area contributed by atoms with Crippen molar-refractivity contribution < 1.29 is 4.39 Å². The third-order valence-corrected chi connectivity index (χ3v) is 4.91. The molecule has 6 heteroatoms. The minimum atomic E-state index is -0.232. The zero-order valence-corrected chi connectivity index (χ0v) is 13.9. The van der Waals surface area contributed by atoms with Crippen LogP contribution in [0.2, 0.25) is 0 Å². The van der Waals surface area contributed by atoms with E-state index >= 15 is 0 Å². The Morgan fingerprint density at radius 3 is 2.50 bits per heavy atom. The molecule has 4 rings (SSSR count). The monoisotopic (exact) mass is 338 g/mol. The first kappa shape index (κ1) is 15.0. The van der Waals surface area contributed by atoms with Crippen molar-refractivity contribution >= 4 is 16.3 Å². The van der Waals surface area contributed by atoms with E-state index in [-0.39, 0.29) is 5.82 Å². The van der Waals surface area contributed by atoms with E-state index in [1.165, 1.54) is 28.5 Å². The number of aryl methyl sites for hydroxylation is 1.